The number of nitrogens with one attached hydrogen (secondary N) is 1. The summed E-state index contributed by atoms with van der Waals surface area (Å²) in [6, 6.07) is 13.2. The third kappa shape index (κ3) is 4.53. The summed E-state index contributed by atoms with van der Waals surface area (Å²) in [6.07, 6.45) is 0.785. The molecule has 1 aliphatic heterocycles. The van der Waals surface area contributed by atoms with Crippen molar-refractivity contribution in [1.29, 1.82) is 0 Å². The van der Waals surface area contributed by atoms with Gasteiger partial charge in [-0.05, 0) is 38.1 Å². The summed E-state index contributed by atoms with van der Waals surface area (Å²) in [4.78, 5) is 12.4. The van der Waals surface area contributed by atoms with Crippen molar-refractivity contribution in [3.63, 3.8) is 0 Å². The van der Waals surface area contributed by atoms with E-state index in [4.69, 9.17) is 14.2 Å². The van der Waals surface area contributed by atoms with Gasteiger partial charge in [-0.3, -0.25) is 4.79 Å². The number of amides is 1. The maximum Gasteiger partial charge on any atom is 0.231 e. The van der Waals surface area contributed by atoms with Gasteiger partial charge in [0.25, 0.3) is 0 Å². The highest BCUT2D eigenvalue weighted by atomic mass is 16.7. The molecule has 8 nitrogen and oxygen atoms in total. The second kappa shape index (κ2) is 8.86. The SMILES string of the molecule is CCn1c(CCC(=O)Nc2ccc3c(c2)OCO3)nnc1COc1ccc(C)cc1. The van der Waals surface area contributed by atoms with Gasteiger partial charge in [0.05, 0.1) is 0 Å². The quantitative estimate of drug-likeness (QED) is 0.614. The summed E-state index contributed by atoms with van der Waals surface area (Å²) in [7, 11) is 0. The predicted octanol–water partition coefficient (Wildman–Crippen LogP) is 3.49. The van der Waals surface area contributed by atoms with Crippen molar-refractivity contribution in [3.8, 4) is 17.2 Å². The van der Waals surface area contributed by atoms with Gasteiger partial charge in [0.1, 0.15) is 18.2 Å². The molecule has 1 aliphatic rings. The average molecular weight is 408 g/mol. The van der Waals surface area contributed by atoms with E-state index in [2.05, 4.69) is 15.5 Å². The summed E-state index contributed by atoms with van der Waals surface area (Å²) in [5.74, 6) is 3.51. The summed E-state index contributed by atoms with van der Waals surface area (Å²) in [5, 5.41) is 11.4. The van der Waals surface area contributed by atoms with Crippen molar-refractivity contribution < 1.29 is 19.0 Å². The second-order valence-electron chi connectivity index (χ2n) is 6.99. The normalized spacial score (nSPS) is 12.1. The lowest BCUT2D eigenvalue weighted by atomic mass is 10.2. The third-order valence-electron chi connectivity index (χ3n) is 4.84. The number of hydrogen-bond donors (Lipinski definition) is 1. The molecule has 156 valence electrons. The highest BCUT2D eigenvalue weighted by Gasteiger charge is 2.16. The molecule has 8 heteroatoms. The molecule has 2 aromatic carbocycles. The number of carbonyl (C=O) groups excluding carboxylic acids is 1. The lowest BCUT2D eigenvalue weighted by Crippen LogP contribution is -2.15. The first-order valence-electron chi connectivity index (χ1n) is 9.92. The maximum atomic E-state index is 12.4. The molecule has 0 saturated heterocycles. The number of anilines is 1. The van der Waals surface area contributed by atoms with Crippen LogP contribution in [0.15, 0.2) is 42.5 Å². The van der Waals surface area contributed by atoms with Gasteiger partial charge in [0, 0.05) is 31.1 Å². The van der Waals surface area contributed by atoms with Gasteiger partial charge in [0.15, 0.2) is 17.3 Å². The molecule has 0 spiro atoms. The van der Waals surface area contributed by atoms with Crippen LogP contribution in [0, 0.1) is 6.92 Å². The molecular weight excluding hydrogens is 384 g/mol. The fourth-order valence-corrected chi connectivity index (χ4v) is 3.23. The van der Waals surface area contributed by atoms with Crippen molar-refractivity contribution in [2.75, 3.05) is 12.1 Å². The first-order valence-corrected chi connectivity index (χ1v) is 9.92. The van der Waals surface area contributed by atoms with Crippen LogP contribution < -0.4 is 19.5 Å². The number of carbonyl (C=O) groups is 1. The first-order chi connectivity index (χ1) is 14.6. The van der Waals surface area contributed by atoms with Gasteiger partial charge in [-0.2, -0.15) is 0 Å². The Balaban J connectivity index is 1.32. The Morgan fingerprint density at radius 1 is 1.10 bits per heavy atom. The van der Waals surface area contributed by atoms with E-state index in [1.54, 1.807) is 18.2 Å². The number of hydrogen-bond acceptors (Lipinski definition) is 6. The lowest BCUT2D eigenvalue weighted by molar-refractivity contribution is -0.116. The minimum atomic E-state index is -0.100. The van der Waals surface area contributed by atoms with E-state index >= 15 is 0 Å². The number of nitrogens with zero attached hydrogens (tertiary/aromatic N) is 3. The van der Waals surface area contributed by atoms with Gasteiger partial charge in [0.2, 0.25) is 12.7 Å². The van der Waals surface area contributed by atoms with Crippen molar-refractivity contribution >= 4 is 11.6 Å². The summed E-state index contributed by atoms with van der Waals surface area (Å²) in [5.41, 5.74) is 1.86. The van der Waals surface area contributed by atoms with E-state index < -0.39 is 0 Å². The van der Waals surface area contributed by atoms with Crippen LogP contribution in [0.3, 0.4) is 0 Å². The van der Waals surface area contributed by atoms with Crippen LogP contribution in [0.2, 0.25) is 0 Å². The van der Waals surface area contributed by atoms with E-state index in [0.717, 1.165) is 17.4 Å². The molecule has 1 N–H and O–H groups in total. The number of rotatable bonds is 8. The molecule has 0 bridgehead atoms. The van der Waals surface area contributed by atoms with Crippen molar-refractivity contribution in [1.82, 2.24) is 14.8 Å². The number of aromatic nitrogens is 3. The van der Waals surface area contributed by atoms with Crippen LogP contribution in [0.5, 0.6) is 17.2 Å². The van der Waals surface area contributed by atoms with E-state index in [1.165, 1.54) is 5.56 Å². The fourth-order valence-electron chi connectivity index (χ4n) is 3.23. The zero-order chi connectivity index (χ0) is 20.9. The molecule has 0 unspecified atom stereocenters. The Morgan fingerprint density at radius 2 is 1.87 bits per heavy atom. The molecule has 1 aromatic heterocycles. The standard InChI is InChI=1S/C22H24N4O4/c1-3-26-20(24-25-21(26)13-28-17-7-4-15(2)5-8-17)10-11-22(27)23-16-6-9-18-19(12-16)30-14-29-18/h4-9,12H,3,10-11,13-14H2,1-2H3,(H,23,27). The fraction of sp³-hybridized carbons (Fsp3) is 0.318. The van der Waals surface area contributed by atoms with Crippen LogP contribution in [0.4, 0.5) is 5.69 Å². The van der Waals surface area contributed by atoms with Crippen molar-refractivity contribution in [3.05, 3.63) is 59.7 Å². The Morgan fingerprint density at radius 3 is 2.67 bits per heavy atom. The minimum absolute atomic E-state index is 0.100. The number of aryl methyl sites for hydroxylation is 2. The lowest BCUT2D eigenvalue weighted by Gasteiger charge is -2.10. The van der Waals surface area contributed by atoms with Crippen LogP contribution in [0.1, 0.15) is 30.6 Å². The van der Waals surface area contributed by atoms with Crippen molar-refractivity contribution in [2.45, 2.75) is 39.8 Å². The van der Waals surface area contributed by atoms with E-state index in [1.807, 2.05) is 42.7 Å². The van der Waals surface area contributed by atoms with Gasteiger partial charge in [-0.15, -0.1) is 10.2 Å². The van der Waals surface area contributed by atoms with Gasteiger partial charge >= 0.3 is 0 Å². The van der Waals surface area contributed by atoms with Crippen LogP contribution in [0.25, 0.3) is 0 Å². The Hall–Kier alpha value is -3.55. The molecule has 0 saturated carbocycles. The first kappa shape index (κ1) is 19.8. The molecule has 0 radical (unpaired) electrons. The minimum Gasteiger partial charge on any atom is -0.486 e. The Kier molecular flexibility index (Phi) is 5.83. The predicted molar refractivity (Wildman–Crippen MR) is 111 cm³/mol. The van der Waals surface area contributed by atoms with E-state index in [-0.39, 0.29) is 12.7 Å². The Bertz CT molecular complexity index is 1030. The molecule has 4 rings (SSSR count). The Labute approximate surface area is 174 Å². The van der Waals surface area contributed by atoms with Gasteiger partial charge in [-0.1, -0.05) is 17.7 Å². The molecule has 30 heavy (non-hydrogen) atoms. The van der Waals surface area contributed by atoms with Crippen LogP contribution in [-0.2, 0) is 24.4 Å². The highest BCUT2D eigenvalue weighted by molar-refractivity contribution is 5.91. The molecular formula is C22H24N4O4. The summed E-state index contributed by atoms with van der Waals surface area (Å²) in [6.45, 7) is 5.29. The van der Waals surface area contributed by atoms with Crippen LogP contribution >= 0.6 is 0 Å². The van der Waals surface area contributed by atoms with E-state index in [0.29, 0.717) is 43.2 Å². The number of benzene rings is 2. The molecule has 2 heterocycles. The van der Waals surface area contributed by atoms with Gasteiger partial charge in [-0.25, -0.2) is 0 Å². The zero-order valence-corrected chi connectivity index (χ0v) is 17.1. The number of ether oxygens (including phenoxy) is 3. The molecule has 1 amide bonds. The summed E-state index contributed by atoms with van der Waals surface area (Å²) >= 11 is 0. The molecule has 0 aliphatic carbocycles. The maximum absolute atomic E-state index is 12.4. The van der Waals surface area contributed by atoms with E-state index in [9.17, 15) is 4.79 Å². The average Bonchev–Trinajstić information content (AvgIpc) is 3.37. The summed E-state index contributed by atoms with van der Waals surface area (Å²) < 4.78 is 18.4. The highest BCUT2D eigenvalue weighted by Crippen LogP contribution is 2.34. The monoisotopic (exact) mass is 408 g/mol. The smallest absolute Gasteiger partial charge is 0.231 e. The second-order valence-corrected chi connectivity index (χ2v) is 6.99. The molecule has 0 atom stereocenters. The molecule has 3 aromatic rings. The van der Waals surface area contributed by atoms with Crippen molar-refractivity contribution in [2.24, 2.45) is 0 Å². The zero-order valence-electron chi connectivity index (χ0n) is 17.1. The van der Waals surface area contributed by atoms with Crippen LogP contribution in [-0.4, -0.2) is 27.5 Å². The van der Waals surface area contributed by atoms with Gasteiger partial charge < -0.3 is 24.1 Å². The number of fused-ring (bicyclic) bond motifs is 1. The third-order valence-corrected chi connectivity index (χ3v) is 4.84. The topological polar surface area (TPSA) is 87.5 Å². The molecule has 0 fully saturated rings. The largest absolute Gasteiger partial charge is 0.486 e.